The Morgan fingerprint density at radius 1 is 1.11 bits per heavy atom. The third-order valence-corrected chi connectivity index (χ3v) is 5.78. The number of carbonyl (C=O) groups excluding carboxylic acids is 1. The van der Waals surface area contributed by atoms with Gasteiger partial charge in [-0.25, -0.2) is 18.1 Å². The summed E-state index contributed by atoms with van der Waals surface area (Å²) >= 11 is 0. The summed E-state index contributed by atoms with van der Waals surface area (Å²) in [7, 11) is -1.59. The van der Waals surface area contributed by atoms with E-state index in [4.69, 9.17) is 0 Å². The number of nitrogens with zero attached hydrogens (tertiary/aromatic N) is 1. The number of ketones is 1. The summed E-state index contributed by atoms with van der Waals surface area (Å²) < 4.78 is 64.1. The maximum absolute atomic E-state index is 12.5. The average molecular weight is 558 g/mol. The lowest BCUT2D eigenvalue weighted by atomic mass is 10.1. The van der Waals surface area contributed by atoms with Crippen molar-refractivity contribution in [2.24, 2.45) is 0 Å². The zero-order valence-electron chi connectivity index (χ0n) is 21.6. The van der Waals surface area contributed by atoms with Gasteiger partial charge in [-0.2, -0.15) is 13.2 Å². The smallest absolute Gasteiger partial charge is 0.345 e. The molecule has 0 bridgehead atoms. The Balaban J connectivity index is 0.00000127. The lowest BCUT2D eigenvalue weighted by molar-refractivity contribution is -0.137. The first-order chi connectivity index (χ1) is 17.6. The van der Waals surface area contributed by atoms with Crippen LogP contribution >= 0.6 is 9.24 Å². The molecule has 204 valence electrons. The molecule has 11 heteroatoms. The zero-order chi connectivity index (χ0) is 28.5. The van der Waals surface area contributed by atoms with E-state index >= 15 is 0 Å². The number of aromatic nitrogens is 2. The summed E-state index contributed by atoms with van der Waals surface area (Å²) in [6.45, 7) is 9.87. The number of pyridine rings is 1. The number of carbonyl (C=O) groups is 1. The third-order valence-electron chi connectivity index (χ3n) is 4.34. The number of alkyl halides is 3. The van der Waals surface area contributed by atoms with E-state index < -0.39 is 21.8 Å². The molecule has 0 aliphatic heterocycles. The van der Waals surface area contributed by atoms with E-state index in [1.54, 1.807) is 18.3 Å². The second-order valence-electron chi connectivity index (χ2n) is 6.72. The molecule has 2 N–H and O–H groups in total. The van der Waals surface area contributed by atoms with Crippen LogP contribution in [-0.4, -0.2) is 37.4 Å². The molecule has 1 unspecified atom stereocenters. The molecule has 37 heavy (non-hydrogen) atoms. The Labute approximate surface area is 219 Å². The molecule has 0 fully saturated rings. The number of aromatic amines is 1. The number of fused-ring (bicyclic) bond motifs is 1. The van der Waals surface area contributed by atoms with Gasteiger partial charge in [0.05, 0.1) is 10.5 Å². The molecule has 0 saturated heterocycles. The Hall–Kier alpha value is -2.81. The van der Waals surface area contributed by atoms with E-state index in [2.05, 4.69) is 43.0 Å². The van der Waals surface area contributed by atoms with Crippen molar-refractivity contribution in [3.63, 3.8) is 0 Å². The van der Waals surface area contributed by atoms with E-state index in [0.29, 0.717) is 28.7 Å². The summed E-state index contributed by atoms with van der Waals surface area (Å²) in [5, 5.41) is 0.641. The fourth-order valence-electron chi connectivity index (χ4n) is 2.72. The molecule has 3 aromatic rings. The van der Waals surface area contributed by atoms with Crippen LogP contribution in [0, 0.1) is 0 Å². The van der Waals surface area contributed by atoms with Gasteiger partial charge in [0.15, 0.2) is 5.78 Å². The summed E-state index contributed by atoms with van der Waals surface area (Å²) in [4.78, 5) is 18.9. The fraction of sp³-hybridized carbons (Fsp3) is 0.308. The van der Waals surface area contributed by atoms with Gasteiger partial charge in [-0.1, -0.05) is 45.7 Å². The highest BCUT2D eigenvalue weighted by Crippen LogP contribution is 2.29. The van der Waals surface area contributed by atoms with Crippen LogP contribution in [0.5, 0.6) is 0 Å². The van der Waals surface area contributed by atoms with Crippen molar-refractivity contribution in [2.45, 2.75) is 45.2 Å². The number of halogens is 3. The molecule has 0 saturated carbocycles. The van der Waals surface area contributed by atoms with Gasteiger partial charge in [-0.05, 0) is 55.8 Å². The van der Waals surface area contributed by atoms with E-state index in [1.807, 2.05) is 27.4 Å². The highest BCUT2D eigenvalue weighted by atomic mass is 32.2. The molecule has 1 aromatic carbocycles. The summed E-state index contributed by atoms with van der Waals surface area (Å²) in [6, 6.07) is 6.55. The Morgan fingerprint density at radius 3 is 2.24 bits per heavy atom. The number of nitrogens with one attached hydrogen (secondary N) is 2. The normalized spacial score (nSPS) is 11.3. The topological polar surface area (TPSA) is 91.9 Å². The molecule has 0 radical (unpaired) electrons. The van der Waals surface area contributed by atoms with Crippen LogP contribution in [0.1, 0.15) is 50.0 Å². The van der Waals surface area contributed by atoms with Crippen molar-refractivity contribution in [1.82, 2.24) is 14.7 Å². The summed E-state index contributed by atoms with van der Waals surface area (Å²) in [6.07, 6.45) is 6.42. The van der Waals surface area contributed by atoms with E-state index in [1.165, 1.54) is 18.3 Å². The lowest BCUT2D eigenvalue weighted by Crippen LogP contribution is -2.24. The second kappa shape index (κ2) is 17.6. The van der Waals surface area contributed by atoms with Gasteiger partial charge in [0.2, 0.25) is 10.0 Å². The summed E-state index contributed by atoms with van der Waals surface area (Å²) in [5.41, 5.74) is 0.0114. The van der Waals surface area contributed by atoms with Gasteiger partial charge in [0, 0.05) is 29.9 Å². The molecule has 2 aromatic heterocycles. The number of benzene rings is 1. The van der Waals surface area contributed by atoms with Crippen LogP contribution in [0.4, 0.5) is 13.2 Å². The van der Waals surface area contributed by atoms with E-state index in [0.717, 1.165) is 18.6 Å². The molecular formula is C26H35F3N3O3PS. The summed E-state index contributed by atoms with van der Waals surface area (Å²) in [5.74, 6) is -0.340. The fourth-order valence-corrected chi connectivity index (χ4v) is 3.69. The number of sulfonamides is 1. The number of H-pyrrole nitrogens is 1. The predicted molar refractivity (Wildman–Crippen MR) is 148 cm³/mol. The molecule has 0 aliphatic carbocycles. The maximum atomic E-state index is 12.5. The minimum Gasteiger partial charge on any atom is -0.345 e. The molecule has 0 aliphatic rings. The first-order valence-corrected chi connectivity index (χ1v) is 14.2. The number of hydrogen-bond donors (Lipinski definition) is 2. The van der Waals surface area contributed by atoms with Gasteiger partial charge in [0.1, 0.15) is 5.65 Å². The van der Waals surface area contributed by atoms with Crippen LogP contribution < -0.4 is 4.72 Å². The minimum atomic E-state index is -4.54. The van der Waals surface area contributed by atoms with Crippen molar-refractivity contribution in [2.75, 3.05) is 13.2 Å². The third kappa shape index (κ3) is 11.4. The van der Waals surface area contributed by atoms with Gasteiger partial charge < -0.3 is 4.98 Å². The quantitative estimate of drug-likeness (QED) is 0.145. The highest BCUT2D eigenvalue weighted by molar-refractivity contribution is 7.89. The molecule has 0 spiro atoms. The molecule has 2 heterocycles. The molecule has 3 rings (SSSR count). The largest absolute Gasteiger partial charge is 0.416 e. The Kier molecular flexibility index (Phi) is 16.3. The predicted octanol–water partition coefficient (Wildman–Crippen LogP) is 6.79. The van der Waals surface area contributed by atoms with Gasteiger partial charge in [-0.15, -0.1) is 9.24 Å². The standard InChI is InChI=1S/C18H14F3N3O3S.C5H10.C2H6.CH5P/c19-18(20,21)12-5-7-13(8-6-12)28(26,27)24-10-2-4-16(25)15-11-23-17-14(15)3-1-9-22-17;1-3-5-4-2;2*1-2/h1-9,11,24H,10H2,(H,22,23);3,5H,4H2,1-2H3;1-2H3;2H2,1H3/b4-2+;5-3-;;. The van der Waals surface area contributed by atoms with Crippen LogP contribution in [0.25, 0.3) is 11.0 Å². The Bertz CT molecular complexity index is 1240. The van der Waals surface area contributed by atoms with Crippen LogP contribution in [0.15, 0.2) is 78.0 Å². The van der Waals surface area contributed by atoms with Gasteiger partial charge in [-0.3, -0.25) is 4.79 Å². The first-order valence-electron chi connectivity index (χ1n) is 11.6. The van der Waals surface area contributed by atoms with Crippen molar-refractivity contribution in [3.05, 3.63) is 84.2 Å². The second-order valence-corrected chi connectivity index (χ2v) is 8.49. The van der Waals surface area contributed by atoms with Gasteiger partial charge in [0.25, 0.3) is 0 Å². The highest BCUT2D eigenvalue weighted by Gasteiger charge is 2.30. The number of allylic oxidation sites excluding steroid dienone is 3. The number of hydrogen-bond acceptors (Lipinski definition) is 4. The Morgan fingerprint density at radius 2 is 1.73 bits per heavy atom. The van der Waals surface area contributed by atoms with Gasteiger partial charge >= 0.3 is 6.18 Å². The molecule has 1 atom stereocenters. The first kappa shape index (κ1) is 34.2. The van der Waals surface area contributed by atoms with Crippen molar-refractivity contribution < 1.29 is 26.4 Å². The minimum absolute atomic E-state index is 0.199. The van der Waals surface area contributed by atoms with E-state index in [-0.39, 0.29) is 17.2 Å². The monoisotopic (exact) mass is 557 g/mol. The van der Waals surface area contributed by atoms with E-state index in [9.17, 15) is 26.4 Å². The lowest BCUT2D eigenvalue weighted by Gasteiger charge is -2.08. The molecular weight excluding hydrogens is 522 g/mol. The van der Waals surface area contributed by atoms with Crippen LogP contribution in [0.2, 0.25) is 0 Å². The number of rotatable bonds is 7. The molecule has 6 nitrogen and oxygen atoms in total. The van der Waals surface area contributed by atoms with Crippen molar-refractivity contribution in [3.8, 4) is 0 Å². The average Bonchev–Trinajstić information content (AvgIpc) is 3.34. The maximum Gasteiger partial charge on any atom is 0.416 e. The van der Waals surface area contributed by atoms with Crippen molar-refractivity contribution in [1.29, 1.82) is 0 Å². The van der Waals surface area contributed by atoms with Crippen LogP contribution in [-0.2, 0) is 16.2 Å². The van der Waals surface area contributed by atoms with Crippen LogP contribution in [0.3, 0.4) is 0 Å². The SMILES string of the molecule is C/C=C\CC.CC.CP.O=C(/C=C/CNS(=O)(=O)c1ccc(C(F)(F)F)cc1)c1c[nH]c2ncccc12. The molecule has 0 amide bonds. The zero-order valence-corrected chi connectivity index (χ0v) is 23.6. The van der Waals surface area contributed by atoms with Crippen molar-refractivity contribution >= 4 is 36.1 Å².